The zero-order valence-corrected chi connectivity index (χ0v) is 20.9. The molecule has 0 unspecified atom stereocenters. The first-order valence-electron chi connectivity index (χ1n) is 12.2. The Kier molecular flexibility index (Phi) is 5.57. The van der Waals surface area contributed by atoms with Crippen molar-refractivity contribution in [2.75, 3.05) is 11.5 Å². The summed E-state index contributed by atoms with van der Waals surface area (Å²) >= 11 is 6.76. The smallest absolute Gasteiger partial charge is 0.270 e. The van der Waals surface area contributed by atoms with Crippen molar-refractivity contribution in [1.82, 2.24) is 0 Å². The summed E-state index contributed by atoms with van der Waals surface area (Å²) in [5.74, 6) is 2.77. The molecule has 1 aliphatic heterocycles. The molecule has 0 N–H and O–H groups in total. The van der Waals surface area contributed by atoms with Gasteiger partial charge in [0.05, 0.1) is 17.2 Å². The van der Waals surface area contributed by atoms with Crippen molar-refractivity contribution in [2.45, 2.75) is 50.9 Å². The number of anilines is 1. The number of nitrogens with zero attached hydrogens (tertiary/aromatic N) is 1. The Hall–Kier alpha value is -2.18. The summed E-state index contributed by atoms with van der Waals surface area (Å²) in [7, 11) is 0. The van der Waals surface area contributed by atoms with Crippen LogP contribution >= 0.6 is 24.0 Å². The fourth-order valence-corrected chi connectivity index (χ4v) is 8.48. The zero-order valence-electron chi connectivity index (χ0n) is 19.3. The maximum atomic E-state index is 13.8. The lowest BCUT2D eigenvalue weighted by Gasteiger charge is -2.57. The average molecular weight is 494 g/mol. The van der Waals surface area contributed by atoms with Gasteiger partial charge in [-0.3, -0.25) is 9.69 Å². The molecule has 0 aromatic heterocycles. The Morgan fingerprint density at radius 1 is 1.12 bits per heavy atom. The Morgan fingerprint density at radius 3 is 2.47 bits per heavy atom. The number of hydrogen-bond donors (Lipinski definition) is 0. The van der Waals surface area contributed by atoms with Gasteiger partial charge in [-0.2, -0.15) is 0 Å². The van der Waals surface area contributed by atoms with Gasteiger partial charge in [-0.25, -0.2) is 4.39 Å². The molecule has 2 aromatic carbocycles. The number of ether oxygens (including phenoxy) is 1. The molecule has 4 bridgehead atoms. The third-order valence-electron chi connectivity index (χ3n) is 8.11. The summed E-state index contributed by atoms with van der Waals surface area (Å²) in [6.07, 6.45) is 9.99. The van der Waals surface area contributed by atoms with Crippen molar-refractivity contribution in [1.29, 1.82) is 0 Å². The van der Waals surface area contributed by atoms with Gasteiger partial charge >= 0.3 is 0 Å². The molecule has 4 saturated carbocycles. The van der Waals surface area contributed by atoms with Gasteiger partial charge < -0.3 is 4.74 Å². The number of carbonyl (C=O) groups excluding carboxylic acids is 1. The molecule has 5 fully saturated rings. The molecule has 176 valence electrons. The van der Waals surface area contributed by atoms with Crippen molar-refractivity contribution < 1.29 is 13.9 Å². The minimum absolute atomic E-state index is 0.219. The second-order valence-corrected chi connectivity index (χ2v) is 12.1. The van der Waals surface area contributed by atoms with E-state index in [-0.39, 0.29) is 11.3 Å². The SMILES string of the molecule is CCOc1ccc(C23CC4CC(CC(C4)C2)C3)cc1/C=C1\SC(=S)N(c2cccc(F)c2)C1=O. The molecule has 1 saturated heterocycles. The van der Waals surface area contributed by atoms with Crippen LogP contribution in [0.5, 0.6) is 5.75 Å². The Labute approximate surface area is 209 Å². The zero-order chi connectivity index (χ0) is 23.4. The first-order valence-corrected chi connectivity index (χ1v) is 13.5. The van der Waals surface area contributed by atoms with Crippen LogP contribution in [0.25, 0.3) is 6.08 Å². The van der Waals surface area contributed by atoms with Crippen molar-refractivity contribution in [3.8, 4) is 5.75 Å². The maximum Gasteiger partial charge on any atom is 0.270 e. The van der Waals surface area contributed by atoms with Crippen LogP contribution in [0.4, 0.5) is 10.1 Å². The van der Waals surface area contributed by atoms with Gasteiger partial charge in [0.1, 0.15) is 11.6 Å². The van der Waals surface area contributed by atoms with Gasteiger partial charge in [-0.15, -0.1) is 0 Å². The highest BCUT2D eigenvalue weighted by Gasteiger charge is 2.51. The van der Waals surface area contributed by atoms with E-state index < -0.39 is 5.82 Å². The maximum absolute atomic E-state index is 13.8. The van der Waals surface area contributed by atoms with Crippen molar-refractivity contribution in [3.63, 3.8) is 0 Å². The molecule has 7 rings (SSSR count). The van der Waals surface area contributed by atoms with Crippen LogP contribution in [0.2, 0.25) is 0 Å². The number of carbonyl (C=O) groups is 1. The highest BCUT2D eigenvalue weighted by molar-refractivity contribution is 8.27. The normalized spacial score (nSPS) is 31.1. The van der Waals surface area contributed by atoms with Gasteiger partial charge in [-0.05, 0) is 111 Å². The standard InChI is InChI=1S/C28H28FNO2S2/c1-2-32-24-7-6-21(28-14-17-8-18(15-28)10-19(9-17)16-28)11-20(24)12-25-26(31)30(27(33)34-25)23-5-3-4-22(29)13-23/h3-7,11-13,17-19H,2,8-10,14-16H2,1H3/b25-12-. The summed E-state index contributed by atoms with van der Waals surface area (Å²) in [5, 5.41) is 0. The van der Waals surface area contributed by atoms with E-state index in [9.17, 15) is 9.18 Å². The summed E-state index contributed by atoms with van der Waals surface area (Å²) in [6, 6.07) is 12.6. The molecule has 1 heterocycles. The highest BCUT2D eigenvalue weighted by atomic mass is 32.2. The van der Waals surface area contributed by atoms with Crippen LogP contribution in [-0.4, -0.2) is 16.8 Å². The molecule has 2 aromatic rings. The lowest BCUT2D eigenvalue weighted by atomic mass is 9.48. The number of hydrogen-bond acceptors (Lipinski definition) is 4. The number of thiocarbonyl (C=S) groups is 1. The monoisotopic (exact) mass is 493 g/mol. The van der Waals surface area contributed by atoms with Crippen LogP contribution in [0.1, 0.15) is 56.6 Å². The third-order valence-corrected chi connectivity index (χ3v) is 9.41. The van der Waals surface area contributed by atoms with E-state index in [0.717, 1.165) is 29.1 Å². The molecule has 6 heteroatoms. The molecule has 1 amide bonds. The Bertz CT molecular complexity index is 1170. The van der Waals surface area contributed by atoms with E-state index in [1.165, 1.54) is 72.9 Å². The average Bonchev–Trinajstić information content (AvgIpc) is 3.07. The third kappa shape index (κ3) is 3.79. The van der Waals surface area contributed by atoms with E-state index in [2.05, 4.69) is 18.2 Å². The van der Waals surface area contributed by atoms with E-state index in [4.69, 9.17) is 17.0 Å². The molecular formula is C28H28FNO2S2. The molecule has 0 radical (unpaired) electrons. The predicted octanol–water partition coefficient (Wildman–Crippen LogP) is 7.10. The second kappa shape index (κ2) is 8.49. The lowest BCUT2D eigenvalue weighted by Crippen LogP contribution is -2.48. The number of thioether (sulfide) groups is 1. The quantitative estimate of drug-likeness (QED) is 0.328. The van der Waals surface area contributed by atoms with Crippen LogP contribution < -0.4 is 9.64 Å². The van der Waals surface area contributed by atoms with E-state index in [0.29, 0.717) is 21.5 Å². The largest absolute Gasteiger partial charge is 0.493 e. The second-order valence-electron chi connectivity index (χ2n) is 10.4. The van der Waals surface area contributed by atoms with Crippen molar-refractivity contribution >= 4 is 46.0 Å². The number of halogens is 1. The molecule has 3 nitrogen and oxygen atoms in total. The van der Waals surface area contributed by atoms with E-state index in [1.807, 2.05) is 13.0 Å². The van der Waals surface area contributed by atoms with Gasteiger partial charge in [0, 0.05) is 5.56 Å². The highest BCUT2D eigenvalue weighted by Crippen LogP contribution is 2.61. The molecule has 0 atom stereocenters. The van der Waals surface area contributed by atoms with Crippen molar-refractivity contribution in [3.05, 3.63) is 64.3 Å². The van der Waals surface area contributed by atoms with E-state index in [1.54, 1.807) is 12.1 Å². The Morgan fingerprint density at radius 2 is 1.82 bits per heavy atom. The summed E-state index contributed by atoms with van der Waals surface area (Å²) < 4.78 is 20.2. The van der Waals surface area contributed by atoms with Crippen molar-refractivity contribution in [2.24, 2.45) is 17.8 Å². The number of rotatable bonds is 5. The van der Waals surface area contributed by atoms with Gasteiger partial charge in [0.25, 0.3) is 5.91 Å². The van der Waals surface area contributed by atoms with Gasteiger partial charge in [-0.1, -0.05) is 36.1 Å². The topological polar surface area (TPSA) is 29.5 Å². The molecule has 0 spiro atoms. The summed E-state index contributed by atoms with van der Waals surface area (Å²) in [5.41, 5.74) is 3.04. The summed E-state index contributed by atoms with van der Waals surface area (Å²) in [4.78, 5) is 15.2. The minimum Gasteiger partial charge on any atom is -0.493 e. The fraction of sp³-hybridized carbons (Fsp3) is 0.429. The van der Waals surface area contributed by atoms with Crippen LogP contribution in [0, 0.1) is 23.6 Å². The fourth-order valence-electron chi connectivity index (χ4n) is 7.19. The van der Waals surface area contributed by atoms with Crippen LogP contribution in [0.15, 0.2) is 47.4 Å². The first kappa shape index (κ1) is 22.3. The molecule has 4 aliphatic carbocycles. The molecule has 5 aliphatic rings. The van der Waals surface area contributed by atoms with Crippen LogP contribution in [0.3, 0.4) is 0 Å². The van der Waals surface area contributed by atoms with Gasteiger partial charge in [0.15, 0.2) is 4.32 Å². The first-order chi connectivity index (χ1) is 16.4. The predicted molar refractivity (Wildman–Crippen MR) is 140 cm³/mol. The molecular weight excluding hydrogens is 465 g/mol. The van der Waals surface area contributed by atoms with E-state index >= 15 is 0 Å². The molecule has 34 heavy (non-hydrogen) atoms. The lowest BCUT2D eigenvalue weighted by molar-refractivity contribution is -0.113. The van der Waals surface area contributed by atoms with Crippen LogP contribution in [-0.2, 0) is 10.2 Å². The Balaban J connectivity index is 1.36. The van der Waals surface area contributed by atoms with Gasteiger partial charge in [0.2, 0.25) is 0 Å². The number of benzene rings is 2. The summed E-state index contributed by atoms with van der Waals surface area (Å²) in [6.45, 7) is 2.53. The number of amides is 1. The minimum atomic E-state index is -0.391.